The Bertz CT molecular complexity index is 777. The van der Waals surface area contributed by atoms with Gasteiger partial charge in [0.2, 0.25) is 5.91 Å². The molecule has 130 valence electrons. The summed E-state index contributed by atoms with van der Waals surface area (Å²) in [7, 11) is 1.61. The van der Waals surface area contributed by atoms with Gasteiger partial charge in [0.05, 0.1) is 25.1 Å². The van der Waals surface area contributed by atoms with Crippen LogP contribution in [0.2, 0.25) is 0 Å². The fourth-order valence-corrected chi connectivity index (χ4v) is 3.12. The fraction of sp³-hybridized carbons (Fsp3) is 0.222. The van der Waals surface area contributed by atoms with Crippen LogP contribution >= 0.6 is 11.8 Å². The van der Waals surface area contributed by atoms with E-state index in [0.29, 0.717) is 35.9 Å². The van der Waals surface area contributed by atoms with E-state index in [2.05, 4.69) is 10.6 Å². The molecule has 2 amide bonds. The number of carbonyl (C=O) groups is 2. The van der Waals surface area contributed by atoms with Crippen LogP contribution in [-0.2, 0) is 4.79 Å². The number of fused-ring (bicyclic) bond motifs is 1. The highest BCUT2D eigenvalue weighted by atomic mass is 32.2. The van der Waals surface area contributed by atoms with Gasteiger partial charge < -0.3 is 20.1 Å². The van der Waals surface area contributed by atoms with Crippen LogP contribution in [0.25, 0.3) is 0 Å². The zero-order valence-corrected chi connectivity index (χ0v) is 14.5. The molecule has 0 saturated heterocycles. The Morgan fingerprint density at radius 2 is 1.96 bits per heavy atom. The highest BCUT2D eigenvalue weighted by Crippen LogP contribution is 2.31. The number of nitrogens with one attached hydrogen (secondary N) is 2. The smallest absolute Gasteiger partial charge is 0.251 e. The van der Waals surface area contributed by atoms with Crippen molar-refractivity contribution in [3.8, 4) is 11.5 Å². The maximum atomic E-state index is 12.2. The number of hydrogen-bond acceptors (Lipinski definition) is 5. The van der Waals surface area contributed by atoms with E-state index >= 15 is 0 Å². The average Bonchev–Trinajstić information content (AvgIpc) is 2.65. The summed E-state index contributed by atoms with van der Waals surface area (Å²) in [5, 5.41) is 5.58. The molecule has 0 fully saturated rings. The van der Waals surface area contributed by atoms with E-state index in [1.54, 1.807) is 19.2 Å². The van der Waals surface area contributed by atoms with Crippen molar-refractivity contribution in [2.75, 3.05) is 31.3 Å². The molecular weight excluding hydrogens is 340 g/mol. The Balaban J connectivity index is 1.49. The second kappa shape index (κ2) is 7.94. The second-order valence-corrected chi connectivity index (χ2v) is 6.34. The van der Waals surface area contributed by atoms with Gasteiger partial charge in [-0.3, -0.25) is 9.59 Å². The molecule has 6 nitrogen and oxygen atoms in total. The number of benzene rings is 2. The van der Waals surface area contributed by atoms with Crippen molar-refractivity contribution < 1.29 is 19.1 Å². The van der Waals surface area contributed by atoms with Crippen LogP contribution in [0.3, 0.4) is 0 Å². The monoisotopic (exact) mass is 358 g/mol. The van der Waals surface area contributed by atoms with E-state index in [1.165, 1.54) is 11.8 Å². The summed E-state index contributed by atoms with van der Waals surface area (Å²) in [6, 6.07) is 12.5. The predicted octanol–water partition coefficient (Wildman–Crippen LogP) is 2.55. The number of methoxy groups -OCH3 is 1. The average molecular weight is 358 g/mol. The Kier molecular flexibility index (Phi) is 5.45. The van der Waals surface area contributed by atoms with Crippen molar-refractivity contribution in [2.24, 2.45) is 0 Å². The van der Waals surface area contributed by atoms with E-state index in [9.17, 15) is 9.59 Å². The first-order valence-corrected chi connectivity index (χ1v) is 8.76. The standard InChI is InChI=1S/C18H18N2O4S/c1-23-13-3-5-14(6-4-13)24-9-8-19-18(22)12-2-7-16-15(10-12)20-17(21)11-25-16/h2-7,10H,8-9,11H2,1H3,(H,19,22)(H,20,21). The molecule has 0 aliphatic carbocycles. The van der Waals surface area contributed by atoms with Crippen LogP contribution in [0.1, 0.15) is 10.4 Å². The molecule has 2 N–H and O–H groups in total. The first kappa shape index (κ1) is 17.2. The topological polar surface area (TPSA) is 76.7 Å². The van der Waals surface area contributed by atoms with E-state index in [0.717, 1.165) is 10.6 Å². The zero-order valence-electron chi connectivity index (χ0n) is 13.7. The molecule has 0 radical (unpaired) electrons. The quantitative estimate of drug-likeness (QED) is 0.776. The van der Waals surface area contributed by atoms with Gasteiger partial charge in [0.25, 0.3) is 5.91 Å². The Morgan fingerprint density at radius 1 is 1.20 bits per heavy atom. The fourth-order valence-electron chi connectivity index (χ4n) is 2.33. The molecule has 2 aromatic rings. The lowest BCUT2D eigenvalue weighted by atomic mass is 10.2. The largest absolute Gasteiger partial charge is 0.497 e. The lowest BCUT2D eigenvalue weighted by Crippen LogP contribution is -2.28. The van der Waals surface area contributed by atoms with Crippen LogP contribution in [0.4, 0.5) is 5.69 Å². The number of hydrogen-bond donors (Lipinski definition) is 2. The van der Waals surface area contributed by atoms with Gasteiger partial charge in [0.1, 0.15) is 18.1 Å². The van der Waals surface area contributed by atoms with Gasteiger partial charge in [-0.15, -0.1) is 11.8 Å². The molecule has 0 atom stereocenters. The molecule has 3 rings (SSSR count). The number of amides is 2. The van der Waals surface area contributed by atoms with Gasteiger partial charge in [0.15, 0.2) is 0 Å². The molecule has 1 heterocycles. The Labute approximate surface area is 149 Å². The number of ether oxygens (including phenoxy) is 2. The van der Waals surface area contributed by atoms with Gasteiger partial charge in [-0.2, -0.15) is 0 Å². The molecule has 0 spiro atoms. The van der Waals surface area contributed by atoms with Crippen LogP contribution in [0.5, 0.6) is 11.5 Å². The molecule has 1 aliphatic rings. The normalized spacial score (nSPS) is 12.8. The number of rotatable bonds is 6. The third kappa shape index (κ3) is 4.45. The van der Waals surface area contributed by atoms with Crippen LogP contribution < -0.4 is 20.1 Å². The summed E-state index contributed by atoms with van der Waals surface area (Å²) in [6.45, 7) is 0.735. The summed E-state index contributed by atoms with van der Waals surface area (Å²) in [6.07, 6.45) is 0. The van der Waals surface area contributed by atoms with Crippen LogP contribution in [0, 0.1) is 0 Å². The van der Waals surface area contributed by atoms with Crippen molar-refractivity contribution in [1.29, 1.82) is 0 Å². The van der Waals surface area contributed by atoms with Crippen molar-refractivity contribution in [3.05, 3.63) is 48.0 Å². The third-order valence-electron chi connectivity index (χ3n) is 3.59. The minimum absolute atomic E-state index is 0.0528. The van der Waals surface area contributed by atoms with Gasteiger partial charge in [-0.1, -0.05) is 0 Å². The number of anilines is 1. The summed E-state index contributed by atoms with van der Waals surface area (Å²) < 4.78 is 10.6. The van der Waals surface area contributed by atoms with Crippen molar-refractivity contribution in [1.82, 2.24) is 5.32 Å². The first-order valence-electron chi connectivity index (χ1n) is 7.77. The maximum absolute atomic E-state index is 12.2. The van der Waals surface area contributed by atoms with Gasteiger partial charge in [-0.25, -0.2) is 0 Å². The highest BCUT2D eigenvalue weighted by Gasteiger charge is 2.17. The number of thioether (sulfide) groups is 1. The molecular formula is C18H18N2O4S. The molecule has 2 aromatic carbocycles. The molecule has 1 aliphatic heterocycles. The number of carbonyl (C=O) groups excluding carboxylic acids is 2. The SMILES string of the molecule is COc1ccc(OCCNC(=O)c2ccc3c(c2)NC(=O)CS3)cc1. The van der Waals surface area contributed by atoms with Crippen LogP contribution in [0.15, 0.2) is 47.4 Å². The lowest BCUT2D eigenvalue weighted by molar-refractivity contribution is -0.113. The molecule has 25 heavy (non-hydrogen) atoms. The van der Waals surface area contributed by atoms with E-state index < -0.39 is 0 Å². The molecule has 7 heteroatoms. The first-order chi connectivity index (χ1) is 12.2. The molecule has 0 unspecified atom stereocenters. The van der Waals surface area contributed by atoms with Gasteiger partial charge in [-0.05, 0) is 42.5 Å². The van der Waals surface area contributed by atoms with Gasteiger partial charge >= 0.3 is 0 Å². The minimum atomic E-state index is -0.203. The van der Waals surface area contributed by atoms with Crippen LogP contribution in [-0.4, -0.2) is 37.8 Å². The van der Waals surface area contributed by atoms with E-state index in [4.69, 9.17) is 9.47 Å². The van der Waals surface area contributed by atoms with Crippen molar-refractivity contribution in [3.63, 3.8) is 0 Å². The summed E-state index contributed by atoms with van der Waals surface area (Å²) in [5.74, 6) is 1.62. The lowest BCUT2D eigenvalue weighted by Gasteiger charge is -2.17. The molecule has 0 bridgehead atoms. The summed E-state index contributed by atoms with van der Waals surface area (Å²) in [5.41, 5.74) is 1.19. The Morgan fingerprint density at radius 3 is 2.72 bits per heavy atom. The van der Waals surface area contributed by atoms with Crippen molar-refractivity contribution >= 4 is 29.3 Å². The van der Waals surface area contributed by atoms with E-state index in [-0.39, 0.29) is 11.8 Å². The van der Waals surface area contributed by atoms with E-state index in [1.807, 2.05) is 30.3 Å². The molecule has 0 aromatic heterocycles. The van der Waals surface area contributed by atoms with Crippen molar-refractivity contribution in [2.45, 2.75) is 4.90 Å². The summed E-state index contributed by atoms with van der Waals surface area (Å²) >= 11 is 1.47. The highest BCUT2D eigenvalue weighted by molar-refractivity contribution is 8.00. The maximum Gasteiger partial charge on any atom is 0.251 e. The second-order valence-electron chi connectivity index (χ2n) is 5.33. The summed E-state index contributed by atoms with van der Waals surface area (Å²) in [4.78, 5) is 24.6. The predicted molar refractivity (Wildman–Crippen MR) is 96.6 cm³/mol. The van der Waals surface area contributed by atoms with Gasteiger partial charge in [0, 0.05) is 10.5 Å². The Hall–Kier alpha value is -2.67. The molecule has 0 saturated carbocycles. The minimum Gasteiger partial charge on any atom is -0.497 e. The third-order valence-corrected chi connectivity index (χ3v) is 4.66. The zero-order chi connectivity index (χ0) is 17.6.